The lowest BCUT2D eigenvalue weighted by molar-refractivity contribution is 0.0941. The topological polar surface area (TPSA) is 90.3 Å². The Bertz CT molecular complexity index is 1160. The minimum Gasteiger partial charge on any atom is -0.497 e. The van der Waals surface area contributed by atoms with Crippen LogP contribution in [-0.4, -0.2) is 48.8 Å². The molecule has 8 heteroatoms. The molecule has 1 saturated heterocycles. The molecule has 0 bridgehead atoms. The minimum absolute atomic E-state index is 0.0224. The first kappa shape index (κ1) is 20.2. The Balaban J connectivity index is 1.66. The van der Waals surface area contributed by atoms with Gasteiger partial charge in [-0.3, -0.25) is 9.48 Å². The number of hydrogen-bond donors (Lipinski definition) is 1. The molecule has 2 aromatic carbocycles. The average Bonchev–Trinajstić information content (AvgIpc) is 3.31. The molecule has 3 aromatic rings. The first-order valence-electron chi connectivity index (χ1n) is 9.70. The monoisotopic (exact) mass is 425 g/mol. The Hall–Kier alpha value is -3.13. The number of nitrogens with one attached hydrogen (secondary N) is 1. The Kier molecular flexibility index (Phi) is 5.59. The highest BCUT2D eigenvalue weighted by atomic mass is 32.2. The molecule has 0 spiro atoms. The second kappa shape index (κ2) is 8.31. The molecule has 1 aromatic heterocycles. The van der Waals surface area contributed by atoms with Gasteiger partial charge in [-0.25, -0.2) is 8.42 Å². The van der Waals surface area contributed by atoms with Crippen LogP contribution in [0.4, 0.5) is 0 Å². The molecule has 4 rings (SSSR count). The van der Waals surface area contributed by atoms with Crippen LogP contribution in [0.5, 0.6) is 5.75 Å². The van der Waals surface area contributed by atoms with Gasteiger partial charge in [0.05, 0.1) is 30.7 Å². The first-order valence-corrected chi connectivity index (χ1v) is 11.5. The molecular formula is C22H23N3O4S. The van der Waals surface area contributed by atoms with Gasteiger partial charge in [-0.15, -0.1) is 0 Å². The molecular weight excluding hydrogens is 402 g/mol. The number of amides is 1. The van der Waals surface area contributed by atoms with Gasteiger partial charge >= 0.3 is 0 Å². The molecule has 0 radical (unpaired) electrons. The quantitative estimate of drug-likeness (QED) is 0.655. The van der Waals surface area contributed by atoms with E-state index in [1.807, 2.05) is 54.6 Å². The summed E-state index contributed by atoms with van der Waals surface area (Å²) >= 11 is 0. The fourth-order valence-corrected chi connectivity index (χ4v) is 5.27. The van der Waals surface area contributed by atoms with Gasteiger partial charge in [-0.2, -0.15) is 5.10 Å². The van der Waals surface area contributed by atoms with Gasteiger partial charge in [0.15, 0.2) is 9.84 Å². The normalized spacial score (nSPS) is 17.6. The van der Waals surface area contributed by atoms with Gasteiger partial charge in [-0.1, -0.05) is 42.5 Å². The highest BCUT2D eigenvalue weighted by Crippen LogP contribution is 2.26. The lowest BCUT2D eigenvalue weighted by atomic mass is 10.1. The van der Waals surface area contributed by atoms with Crippen molar-refractivity contribution in [1.82, 2.24) is 15.1 Å². The third-order valence-electron chi connectivity index (χ3n) is 5.10. The molecule has 0 saturated carbocycles. The van der Waals surface area contributed by atoms with Crippen molar-refractivity contribution in [3.63, 3.8) is 0 Å². The molecule has 1 amide bonds. The molecule has 1 fully saturated rings. The van der Waals surface area contributed by atoms with E-state index in [1.165, 1.54) is 0 Å². The van der Waals surface area contributed by atoms with Crippen molar-refractivity contribution < 1.29 is 17.9 Å². The van der Waals surface area contributed by atoms with Gasteiger partial charge in [0, 0.05) is 17.8 Å². The van der Waals surface area contributed by atoms with Crippen LogP contribution in [0.3, 0.4) is 0 Å². The van der Waals surface area contributed by atoms with Gasteiger partial charge in [0.1, 0.15) is 11.4 Å². The zero-order chi connectivity index (χ0) is 21.1. The minimum atomic E-state index is -3.08. The highest BCUT2D eigenvalue weighted by Gasteiger charge is 2.30. The Labute approximate surface area is 175 Å². The average molecular weight is 426 g/mol. The summed E-state index contributed by atoms with van der Waals surface area (Å²) in [7, 11) is -1.50. The van der Waals surface area contributed by atoms with E-state index in [4.69, 9.17) is 4.74 Å². The molecule has 30 heavy (non-hydrogen) atoms. The van der Waals surface area contributed by atoms with E-state index in [9.17, 15) is 13.2 Å². The summed E-state index contributed by atoms with van der Waals surface area (Å²) in [4.78, 5) is 13.0. The number of carbonyl (C=O) groups excluding carboxylic acids is 1. The lowest BCUT2D eigenvalue weighted by Crippen LogP contribution is -2.35. The number of methoxy groups -OCH3 is 1. The number of sulfone groups is 1. The van der Waals surface area contributed by atoms with E-state index in [0.29, 0.717) is 30.0 Å². The van der Waals surface area contributed by atoms with Crippen LogP contribution in [-0.2, 0) is 16.4 Å². The van der Waals surface area contributed by atoms with Crippen molar-refractivity contribution in [2.24, 2.45) is 0 Å². The standard InChI is InChI=1S/C22H23N3O4S/c1-29-19-9-5-8-17(12-19)21-20(22(26)23-18-10-11-30(27,28)15-18)14-25(24-21)13-16-6-3-2-4-7-16/h2-9,12,14,18H,10-11,13,15H2,1H3,(H,23,26). The van der Waals surface area contributed by atoms with E-state index in [2.05, 4.69) is 10.4 Å². The fraction of sp³-hybridized carbons (Fsp3) is 0.273. The number of benzene rings is 2. The van der Waals surface area contributed by atoms with Crippen molar-refractivity contribution in [2.45, 2.75) is 19.0 Å². The molecule has 156 valence electrons. The molecule has 1 aliphatic rings. The maximum absolute atomic E-state index is 13.0. The van der Waals surface area contributed by atoms with Gasteiger partial charge in [0.25, 0.3) is 5.91 Å². The third-order valence-corrected chi connectivity index (χ3v) is 6.87. The van der Waals surface area contributed by atoms with Crippen LogP contribution in [0.15, 0.2) is 60.8 Å². The van der Waals surface area contributed by atoms with Crippen molar-refractivity contribution >= 4 is 15.7 Å². The molecule has 0 aliphatic carbocycles. The molecule has 2 heterocycles. The predicted molar refractivity (Wildman–Crippen MR) is 114 cm³/mol. The summed E-state index contributed by atoms with van der Waals surface area (Å²) in [6.45, 7) is 0.517. The van der Waals surface area contributed by atoms with Crippen LogP contribution in [0.25, 0.3) is 11.3 Å². The number of hydrogen-bond acceptors (Lipinski definition) is 5. The summed E-state index contributed by atoms with van der Waals surface area (Å²) in [6, 6.07) is 16.8. The Morgan fingerprint density at radius 1 is 1.20 bits per heavy atom. The van der Waals surface area contributed by atoms with E-state index in [-0.39, 0.29) is 23.5 Å². The maximum Gasteiger partial charge on any atom is 0.255 e. The number of ether oxygens (including phenoxy) is 1. The second-order valence-corrected chi connectivity index (χ2v) is 9.61. The maximum atomic E-state index is 13.0. The van der Waals surface area contributed by atoms with E-state index < -0.39 is 9.84 Å². The zero-order valence-electron chi connectivity index (χ0n) is 16.6. The second-order valence-electron chi connectivity index (χ2n) is 7.38. The SMILES string of the molecule is COc1cccc(-c2nn(Cc3ccccc3)cc2C(=O)NC2CCS(=O)(=O)C2)c1. The summed E-state index contributed by atoms with van der Waals surface area (Å²) in [5.74, 6) is 0.423. The first-order chi connectivity index (χ1) is 14.4. The number of aromatic nitrogens is 2. The molecule has 1 aliphatic heterocycles. The summed E-state index contributed by atoms with van der Waals surface area (Å²) in [5, 5.41) is 7.52. The highest BCUT2D eigenvalue weighted by molar-refractivity contribution is 7.91. The Morgan fingerprint density at radius 2 is 2.00 bits per heavy atom. The van der Waals surface area contributed by atoms with Crippen molar-refractivity contribution in [1.29, 1.82) is 0 Å². The molecule has 1 N–H and O–H groups in total. The van der Waals surface area contributed by atoms with E-state index in [1.54, 1.807) is 18.0 Å². The third kappa shape index (κ3) is 4.54. The molecule has 7 nitrogen and oxygen atoms in total. The fourth-order valence-electron chi connectivity index (χ4n) is 3.59. The van der Waals surface area contributed by atoms with Crippen LogP contribution < -0.4 is 10.1 Å². The number of rotatable bonds is 6. The van der Waals surface area contributed by atoms with E-state index >= 15 is 0 Å². The summed E-state index contributed by atoms with van der Waals surface area (Å²) < 4.78 is 30.5. The van der Waals surface area contributed by atoms with Crippen molar-refractivity contribution in [3.8, 4) is 17.0 Å². The molecule has 1 atom stereocenters. The van der Waals surface area contributed by atoms with Crippen molar-refractivity contribution in [3.05, 3.63) is 71.9 Å². The lowest BCUT2D eigenvalue weighted by Gasteiger charge is -2.11. The van der Waals surface area contributed by atoms with E-state index in [0.717, 1.165) is 11.1 Å². The smallest absolute Gasteiger partial charge is 0.255 e. The summed E-state index contributed by atoms with van der Waals surface area (Å²) in [5.41, 5.74) is 2.75. The Morgan fingerprint density at radius 3 is 2.70 bits per heavy atom. The molecule has 1 unspecified atom stereocenters. The van der Waals surface area contributed by atoms with Gasteiger partial charge in [-0.05, 0) is 24.1 Å². The van der Waals surface area contributed by atoms with Crippen LogP contribution >= 0.6 is 0 Å². The van der Waals surface area contributed by atoms with Crippen LogP contribution in [0.1, 0.15) is 22.3 Å². The van der Waals surface area contributed by atoms with Crippen LogP contribution in [0.2, 0.25) is 0 Å². The van der Waals surface area contributed by atoms with Gasteiger partial charge < -0.3 is 10.1 Å². The predicted octanol–water partition coefficient (Wildman–Crippen LogP) is 2.52. The van der Waals surface area contributed by atoms with Gasteiger partial charge in [0.2, 0.25) is 0 Å². The number of nitrogens with zero attached hydrogens (tertiary/aromatic N) is 2. The van der Waals surface area contributed by atoms with Crippen molar-refractivity contribution in [2.75, 3.05) is 18.6 Å². The zero-order valence-corrected chi connectivity index (χ0v) is 17.4. The summed E-state index contributed by atoms with van der Waals surface area (Å²) in [6.07, 6.45) is 2.14. The number of carbonyl (C=O) groups is 1. The van der Waals surface area contributed by atoms with Crippen LogP contribution in [0, 0.1) is 0 Å². The largest absolute Gasteiger partial charge is 0.497 e.